The summed E-state index contributed by atoms with van der Waals surface area (Å²) in [6, 6.07) is 122. The van der Waals surface area contributed by atoms with Crippen LogP contribution in [0.1, 0.15) is 0 Å². The Bertz CT molecular complexity index is 5640. The predicted octanol–water partition coefficient (Wildman–Crippen LogP) is 22.5. The topological polar surface area (TPSA) is 23.0 Å². The minimum atomic E-state index is 1.06. The van der Waals surface area contributed by atoms with Gasteiger partial charge in [-0.15, -0.1) is 0 Å². The highest BCUT2D eigenvalue weighted by Gasteiger charge is 2.25. The molecule has 0 fully saturated rings. The van der Waals surface area contributed by atoms with Gasteiger partial charge in [-0.1, -0.05) is 212 Å². The van der Waals surface area contributed by atoms with Gasteiger partial charge in [0.05, 0.1) is 44.1 Å². The smallest absolute Gasteiger partial charge is 0.0788 e. The summed E-state index contributed by atoms with van der Waals surface area (Å²) in [4.78, 5) is 2.37. The van der Waals surface area contributed by atoms with Gasteiger partial charge >= 0.3 is 0 Å². The summed E-state index contributed by atoms with van der Waals surface area (Å²) in [7, 11) is 0. The van der Waals surface area contributed by atoms with Crippen LogP contribution < -0.4 is 4.90 Å². The molecule has 5 nitrogen and oxygen atoms in total. The zero-order valence-corrected chi connectivity index (χ0v) is 48.5. The molecule has 0 saturated heterocycles. The van der Waals surface area contributed by atoms with Gasteiger partial charge in [-0.2, -0.15) is 0 Å². The molecule has 0 N–H and O–H groups in total. The number of anilines is 3. The second-order valence-electron chi connectivity index (χ2n) is 23.2. The largest absolute Gasteiger partial charge is 0.311 e. The first-order valence-corrected chi connectivity index (χ1v) is 30.6. The van der Waals surface area contributed by atoms with Crippen LogP contribution in [0.15, 0.2) is 334 Å². The summed E-state index contributed by atoms with van der Waals surface area (Å²) in [5.41, 5.74) is 24.1. The molecule has 0 bridgehead atoms. The maximum atomic E-state index is 2.51. The number of fused-ring (bicyclic) bond motifs is 14. The fourth-order valence-corrected chi connectivity index (χ4v) is 14.3. The standard InChI is InChI=1S/C84H55N5/c1-6-20-56(21-7-1)58-34-40-65(41-35-58)85(66-42-36-59(37-43-66)57-22-8-2-9-23-57)67-44-46-68(47-45-67)89-80-53-39-61(55-76(80)74-51-49-72-70-31-17-19-33-78(70)87(82(72)84(74)89)63-26-12-4-13-27-63)60-38-52-79-75(54-60)73-50-48-71-69-30-16-18-32-77(69)86(62-24-10-3-11-25-62)81(71)83(73)88(79)64-28-14-5-15-29-64/h1-55H. The Morgan fingerprint density at radius 1 is 0.169 bits per heavy atom. The van der Waals surface area contributed by atoms with Crippen LogP contribution in [0.25, 0.3) is 143 Å². The number of rotatable bonds is 10. The lowest BCUT2D eigenvalue weighted by molar-refractivity contribution is 1.15. The normalized spacial score (nSPS) is 11.8. The maximum Gasteiger partial charge on any atom is 0.0788 e. The molecule has 0 amide bonds. The van der Waals surface area contributed by atoms with Crippen LogP contribution in [-0.4, -0.2) is 18.3 Å². The first-order chi connectivity index (χ1) is 44.2. The summed E-state index contributed by atoms with van der Waals surface area (Å²) in [5, 5.41) is 9.69. The monoisotopic (exact) mass is 1130 g/mol. The Morgan fingerprint density at radius 3 is 0.787 bits per heavy atom. The van der Waals surface area contributed by atoms with Crippen LogP contribution in [0, 0.1) is 0 Å². The summed E-state index contributed by atoms with van der Waals surface area (Å²) >= 11 is 0. The zero-order chi connectivity index (χ0) is 58.5. The van der Waals surface area contributed by atoms with Crippen molar-refractivity contribution in [3.8, 4) is 56.1 Å². The van der Waals surface area contributed by atoms with Gasteiger partial charge in [-0.05, 0) is 155 Å². The van der Waals surface area contributed by atoms with Crippen LogP contribution in [-0.2, 0) is 0 Å². The highest BCUT2D eigenvalue weighted by atomic mass is 15.1. The third-order valence-corrected chi connectivity index (χ3v) is 18.3. The van der Waals surface area contributed by atoms with Crippen molar-refractivity contribution < 1.29 is 0 Å². The van der Waals surface area contributed by atoms with Gasteiger partial charge in [0.2, 0.25) is 0 Å². The van der Waals surface area contributed by atoms with E-state index in [4.69, 9.17) is 0 Å². The van der Waals surface area contributed by atoms with Crippen molar-refractivity contribution in [3.63, 3.8) is 0 Å². The molecular weight excluding hydrogens is 1080 g/mol. The van der Waals surface area contributed by atoms with E-state index >= 15 is 0 Å². The van der Waals surface area contributed by atoms with Crippen LogP contribution in [0.5, 0.6) is 0 Å². The minimum absolute atomic E-state index is 1.06. The van der Waals surface area contributed by atoms with E-state index in [1.165, 1.54) is 92.9 Å². The van der Waals surface area contributed by atoms with E-state index in [0.29, 0.717) is 0 Å². The van der Waals surface area contributed by atoms with E-state index in [9.17, 15) is 0 Å². The third-order valence-electron chi connectivity index (χ3n) is 18.3. The van der Waals surface area contributed by atoms with E-state index in [1.54, 1.807) is 0 Å². The van der Waals surface area contributed by atoms with Gasteiger partial charge < -0.3 is 23.2 Å². The number of nitrogens with zero attached hydrogens (tertiary/aromatic N) is 5. The van der Waals surface area contributed by atoms with Crippen molar-refractivity contribution in [1.82, 2.24) is 18.3 Å². The minimum Gasteiger partial charge on any atom is -0.311 e. The second kappa shape index (κ2) is 20.4. The molecule has 14 aromatic carbocycles. The van der Waals surface area contributed by atoms with Crippen LogP contribution in [0.4, 0.5) is 17.1 Å². The van der Waals surface area contributed by atoms with Crippen molar-refractivity contribution in [1.29, 1.82) is 0 Å². The quantitative estimate of drug-likeness (QED) is 0.134. The lowest BCUT2D eigenvalue weighted by atomic mass is 10.00. The predicted molar refractivity (Wildman–Crippen MR) is 375 cm³/mol. The van der Waals surface area contributed by atoms with E-state index < -0.39 is 0 Å². The van der Waals surface area contributed by atoms with Gasteiger partial charge in [0, 0.05) is 82.9 Å². The summed E-state index contributed by atoms with van der Waals surface area (Å²) in [6.07, 6.45) is 0. The van der Waals surface area contributed by atoms with E-state index in [2.05, 4.69) is 357 Å². The number of hydrogen-bond acceptors (Lipinski definition) is 1. The third kappa shape index (κ3) is 8.03. The Kier molecular flexibility index (Phi) is 11.5. The molecule has 0 aliphatic heterocycles. The van der Waals surface area contributed by atoms with Crippen LogP contribution >= 0.6 is 0 Å². The molecule has 0 spiro atoms. The van der Waals surface area contributed by atoms with Crippen molar-refractivity contribution in [2.24, 2.45) is 0 Å². The average molecular weight is 1130 g/mol. The van der Waals surface area contributed by atoms with Gasteiger partial charge in [-0.25, -0.2) is 0 Å². The Morgan fingerprint density at radius 2 is 0.427 bits per heavy atom. The molecule has 4 heterocycles. The summed E-state index contributed by atoms with van der Waals surface area (Å²) < 4.78 is 9.93. The van der Waals surface area contributed by atoms with Gasteiger partial charge in [-0.3, -0.25) is 0 Å². The van der Waals surface area contributed by atoms with Crippen LogP contribution in [0.2, 0.25) is 0 Å². The van der Waals surface area contributed by atoms with Crippen molar-refractivity contribution in [3.05, 3.63) is 334 Å². The average Bonchev–Trinajstić information content (AvgIpc) is 1.74. The Labute approximate surface area is 514 Å². The molecular formula is C84H55N5. The molecule has 5 heteroatoms. The number of aromatic nitrogens is 4. The van der Waals surface area contributed by atoms with Crippen LogP contribution in [0.3, 0.4) is 0 Å². The molecule has 18 aromatic rings. The molecule has 416 valence electrons. The molecule has 4 aromatic heterocycles. The Hall–Kier alpha value is -11.9. The summed E-state index contributed by atoms with van der Waals surface area (Å²) in [5.74, 6) is 0. The van der Waals surface area contributed by atoms with Crippen molar-refractivity contribution >= 4 is 104 Å². The molecule has 0 saturated carbocycles. The van der Waals surface area contributed by atoms with E-state index in [0.717, 1.165) is 67.5 Å². The van der Waals surface area contributed by atoms with E-state index in [1.807, 2.05) is 0 Å². The Balaban J connectivity index is 0.842. The fraction of sp³-hybridized carbons (Fsp3) is 0. The van der Waals surface area contributed by atoms with Crippen molar-refractivity contribution in [2.75, 3.05) is 4.90 Å². The fourth-order valence-electron chi connectivity index (χ4n) is 14.3. The second-order valence-corrected chi connectivity index (χ2v) is 23.2. The van der Waals surface area contributed by atoms with Gasteiger partial charge in [0.1, 0.15) is 0 Å². The highest BCUT2D eigenvalue weighted by Crippen LogP contribution is 2.47. The zero-order valence-electron chi connectivity index (χ0n) is 48.5. The van der Waals surface area contributed by atoms with Crippen molar-refractivity contribution in [2.45, 2.75) is 0 Å². The lowest BCUT2D eigenvalue weighted by Crippen LogP contribution is -2.10. The molecule has 0 radical (unpaired) electrons. The first-order valence-electron chi connectivity index (χ1n) is 30.6. The van der Waals surface area contributed by atoms with E-state index in [-0.39, 0.29) is 0 Å². The molecule has 0 unspecified atom stereocenters. The number of benzene rings is 14. The van der Waals surface area contributed by atoms with Gasteiger partial charge in [0.25, 0.3) is 0 Å². The molecule has 0 aliphatic rings. The molecule has 0 aliphatic carbocycles. The SMILES string of the molecule is c1ccc(-c2ccc(N(c3ccc(-c4ccccc4)cc3)c3ccc(-n4c5ccc(-c6ccc7c(c6)c6ccc8c9ccccc9n(-c9ccccc9)c8c6n7-c6ccccc6)cc5c5ccc6c7ccccc7n(-c7ccccc7)c6c54)cc3)cc2)cc1. The first kappa shape index (κ1) is 50.4. The van der Waals surface area contributed by atoms with Gasteiger partial charge in [0.15, 0.2) is 0 Å². The number of para-hydroxylation sites is 5. The maximum absolute atomic E-state index is 2.51. The highest BCUT2D eigenvalue weighted by molar-refractivity contribution is 6.26. The molecule has 0 atom stereocenters. The molecule has 18 rings (SSSR count). The molecule has 89 heavy (non-hydrogen) atoms. The lowest BCUT2D eigenvalue weighted by Gasteiger charge is -2.26. The number of hydrogen-bond donors (Lipinski definition) is 0. The summed E-state index contributed by atoms with van der Waals surface area (Å²) in [6.45, 7) is 0.